The fourth-order valence-corrected chi connectivity index (χ4v) is 2.06. The maximum Gasteiger partial charge on any atom is 0.416 e. The van der Waals surface area contributed by atoms with Crippen molar-refractivity contribution < 1.29 is 18.4 Å². The third-order valence-electron chi connectivity index (χ3n) is 2.54. The number of hydrogen-bond donors (Lipinski definition) is 3. The minimum atomic E-state index is -4.37. The third-order valence-corrected chi connectivity index (χ3v) is 3.00. The van der Waals surface area contributed by atoms with E-state index in [4.69, 9.17) is 10.9 Å². The van der Waals surface area contributed by atoms with Crippen molar-refractivity contribution >= 4 is 27.5 Å². The minimum absolute atomic E-state index is 0.145. The van der Waals surface area contributed by atoms with Crippen molar-refractivity contribution in [2.45, 2.75) is 25.4 Å². The summed E-state index contributed by atoms with van der Waals surface area (Å²) in [6.07, 6.45) is -2.54. The SMILES string of the molecule is NC(CCCCNc1cc(Br)cc(C(F)(F)F)c1)=NO. The molecule has 1 aromatic rings. The number of benzene rings is 1. The van der Waals surface area contributed by atoms with Gasteiger partial charge in [0.05, 0.1) is 5.56 Å². The molecule has 0 aliphatic carbocycles. The number of nitrogens with zero attached hydrogens (tertiary/aromatic N) is 1. The molecule has 0 aliphatic heterocycles. The van der Waals surface area contributed by atoms with Gasteiger partial charge in [0.15, 0.2) is 0 Å². The smallest absolute Gasteiger partial charge is 0.409 e. The Labute approximate surface area is 123 Å². The van der Waals surface area contributed by atoms with Crippen molar-refractivity contribution in [2.24, 2.45) is 10.9 Å². The zero-order valence-corrected chi connectivity index (χ0v) is 12.1. The number of unbranched alkanes of at least 4 members (excludes halogenated alkanes) is 1. The molecule has 0 radical (unpaired) electrons. The normalized spacial score (nSPS) is 12.5. The molecule has 0 bridgehead atoms. The van der Waals surface area contributed by atoms with Gasteiger partial charge in [-0.15, -0.1) is 0 Å². The number of amidine groups is 1. The highest BCUT2D eigenvalue weighted by Gasteiger charge is 2.31. The van der Waals surface area contributed by atoms with Crippen molar-refractivity contribution in [3.05, 3.63) is 28.2 Å². The van der Waals surface area contributed by atoms with Gasteiger partial charge in [-0.2, -0.15) is 13.2 Å². The Morgan fingerprint density at radius 3 is 2.60 bits per heavy atom. The molecule has 0 saturated heterocycles. The number of nitrogens with two attached hydrogens (primary N) is 1. The Kier molecular flexibility index (Phi) is 6.12. The molecule has 0 atom stereocenters. The number of anilines is 1. The van der Waals surface area contributed by atoms with Crippen LogP contribution in [0.2, 0.25) is 0 Å². The fraction of sp³-hybridized carbons (Fsp3) is 0.417. The van der Waals surface area contributed by atoms with E-state index < -0.39 is 11.7 Å². The second kappa shape index (κ2) is 7.37. The monoisotopic (exact) mass is 353 g/mol. The molecule has 0 fully saturated rings. The van der Waals surface area contributed by atoms with E-state index in [0.29, 0.717) is 36.0 Å². The van der Waals surface area contributed by atoms with Crippen LogP contribution in [0.1, 0.15) is 24.8 Å². The molecule has 20 heavy (non-hydrogen) atoms. The van der Waals surface area contributed by atoms with Gasteiger partial charge < -0.3 is 16.3 Å². The second-order valence-corrected chi connectivity index (χ2v) is 5.12. The molecule has 112 valence electrons. The maximum absolute atomic E-state index is 12.6. The molecule has 4 nitrogen and oxygen atoms in total. The van der Waals surface area contributed by atoms with E-state index in [9.17, 15) is 13.2 Å². The summed E-state index contributed by atoms with van der Waals surface area (Å²) in [6, 6.07) is 3.68. The van der Waals surface area contributed by atoms with Crippen molar-refractivity contribution in [2.75, 3.05) is 11.9 Å². The quantitative estimate of drug-likeness (QED) is 0.239. The van der Waals surface area contributed by atoms with Crippen LogP contribution in [0.15, 0.2) is 27.8 Å². The molecule has 0 saturated carbocycles. The molecular formula is C12H15BrF3N3O. The Hall–Kier alpha value is -1.44. The van der Waals surface area contributed by atoms with Crippen molar-refractivity contribution in [1.82, 2.24) is 0 Å². The molecule has 8 heteroatoms. The first kappa shape index (κ1) is 16.6. The van der Waals surface area contributed by atoms with Gasteiger partial charge >= 0.3 is 6.18 Å². The summed E-state index contributed by atoms with van der Waals surface area (Å²) in [5, 5.41) is 14.1. The average molecular weight is 354 g/mol. The molecule has 1 aromatic carbocycles. The lowest BCUT2D eigenvalue weighted by molar-refractivity contribution is -0.137. The molecule has 0 aromatic heterocycles. The predicted octanol–water partition coefficient (Wildman–Crippen LogP) is 3.80. The molecule has 0 unspecified atom stereocenters. The first-order valence-corrected chi connectivity index (χ1v) is 6.70. The van der Waals surface area contributed by atoms with Gasteiger partial charge in [0.1, 0.15) is 5.84 Å². The Morgan fingerprint density at radius 2 is 2.00 bits per heavy atom. The van der Waals surface area contributed by atoms with Gasteiger partial charge in [-0.05, 0) is 31.0 Å². The van der Waals surface area contributed by atoms with Gasteiger partial charge in [-0.3, -0.25) is 0 Å². The largest absolute Gasteiger partial charge is 0.416 e. The average Bonchev–Trinajstić information content (AvgIpc) is 2.36. The van der Waals surface area contributed by atoms with Crippen LogP contribution in [0.5, 0.6) is 0 Å². The summed E-state index contributed by atoms with van der Waals surface area (Å²) in [6.45, 7) is 0.506. The molecule has 0 amide bonds. The first-order valence-electron chi connectivity index (χ1n) is 5.91. The lowest BCUT2D eigenvalue weighted by atomic mass is 10.2. The van der Waals surface area contributed by atoms with Crippen LogP contribution in [0, 0.1) is 0 Å². The van der Waals surface area contributed by atoms with Gasteiger partial charge in [0, 0.05) is 23.1 Å². The maximum atomic E-state index is 12.6. The highest BCUT2D eigenvalue weighted by Crippen LogP contribution is 2.33. The number of rotatable bonds is 6. The zero-order valence-electron chi connectivity index (χ0n) is 10.5. The van der Waals surface area contributed by atoms with Crippen LogP contribution in [-0.2, 0) is 6.18 Å². The van der Waals surface area contributed by atoms with Crippen LogP contribution < -0.4 is 11.1 Å². The lowest BCUT2D eigenvalue weighted by Crippen LogP contribution is -2.12. The van der Waals surface area contributed by atoms with E-state index in [1.165, 1.54) is 0 Å². The summed E-state index contributed by atoms with van der Waals surface area (Å²) in [4.78, 5) is 0. The fourth-order valence-electron chi connectivity index (χ4n) is 1.57. The molecular weight excluding hydrogens is 339 g/mol. The van der Waals surface area contributed by atoms with E-state index in [1.54, 1.807) is 6.07 Å². The summed E-state index contributed by atoms with van der Waals surface area (Å²) in [5.74, 6) is 0.145. The molecule has 4 N–H and O–H groups in total. The standard InChI is InChI=1S/C12H15BrF3N3O/c13-9-5-8(12(14,15)16)6-10(7-9)18-4-2-1-3-11(17)19-20/h5-7,18,20H,1-4H2,(H2,17,19). The first-order chi connectivity index (χ1) is 9.32. The second-order valence-electron chi connectivity index (χ2n) is 4.20. The molecule has 0 heterocycles. The zero-order chi connectivity index (χ0) is 15.2. The van der Waals surface area contributed by atoms with E-state index >= 15 is 0 Å². The van der Waals surface area contributed by atoms with Crippen LogP contribution in [0.4, 0.5) is 18.9 Å². The Balaban J connectivity index is 2.50. The number of oxime groups is 1. The van der Waals surface area contributed by atoms with Crippen LogP contribution in [0.3, 0.4) is 0 Å². The summed E-state index contributed by atoms with van der Waals surface area (Å²) >= 11 is 3.06. The van der Waals surface area contributed by atoms with Crippen molar-refractivity contribution in [3.63, 3.8) is 0 Å². The summed E-state index contributed by atoms with van der Waals surface area (Å²) < 4.78 is 38.2. The highest BCUT2D eigenvalue weighted by molar-refractivity contribution is 9.10. The topological polar surface area (TPSA) is 70.6 Å². The third kappa shape index (κ3) is 5.68. The predicted molar refractivity (Wildman–Crippen MR) is 74.9 cm³/mol. The number of hydrogen-bond acceptors (Lipinski definition) is 3. The van der Waals surface area contributed by atoms with Crippen LogP contribution in [-0.4, -0.2) is 17.6 Å². The van der Waals surface area contributed by atoms with Crippen molar-refractivity contribution in [1.29, 1.82) is 0 Å². The lowest BCUT2D eigenvalue weighted by Gasteiger charge is -2.11. The van der Waals surface area contributed by atoms with E-state index in [1.807, 2.05) is 0 Å². The van der Waals surface area contributed by atoms with E-state index in [-0.39, 0.29) is 5.84 Å². The minimum Gasteiger partial charge on any atom is -0.409 e. The van der Waals surface area contributed by atoms with Crippen LogP contribution in [0.25, 0.3) is 0 Å². The highest BCUT2D eigenvalue weighted by atomic mass is 79.9. The molecule has 0 spiro atoms. The Morgan fingerprint density at radius 1 is 1.30 bits per heavy atom. The van der Waals surface area contributed by atoms with Crippen LogP contribution >= 0.6 is 15.9 Å². The number of alkyl halides is 3. The molecule has 1 rings (SSSR count). The van der Waals surface area contributed by atoms with Crippen molar-refractivity contribution in [3.8, 4) is 0 Å². The Bertz CT molecular complexity index is 478. The van der Waals surface area contributed by atoms with Gasteiger partial charge in [-0.25, -0.2) is 0 Å². The molecule has 0 aliphatic rings. The van der Waals surface area contributed by atoms with Gasteiger partial charge in [0.25, 0.3) is 0 Å². The summed E-state index contributed by atoms with van der Waals surface area (Å²) in [5.41, 5.74) is 5.00. The van der Waals surface area contributed by atoms with Gasteiger partial charge in [0.2, 0.25) is 0 Å². The van der Waals surface area contributed by atoms with E-state index in [2.05, 4.69) is 26.4 Å². The van der Waals surface area contributed by atoms with E-state index in [0.717, 1.165) is 12.1 Å². The number of nitrogens with one attached hydrogen (secondary N) is 1. The van der Waals surface area contributed by atoms with Gasteiger partial charge in [-0.1, -0.05) is 21.1 Å². The summed E-state index contributed by atoms with van der Waals surface area (Å²) in [7, 11) is 0. The number of halogens is 4.